The van der Waals surface area contributed by atoms with E-state index in [1.54, 1.807) is 0 Å². The molecule has 5 heteroatoms. The van der Waals surface area contributed by atoms with Gasteiger partial charge in [0.25, 0.3) is 0 Å². The number of benzene rings is 1. The maximum absolute atomic E-state index is 11.7. The van der Waals surface area contributed by atoms with Gasteiger partial charge in [0.15, 0.2) is 0 Å². The SMILES string of the molecule is O=C(COC1CCNCC1)NCCc1ccc(Br)cc1. The van der Waals surface area contributed by atoms with E-state index in [-0.39, 0.29) is 18.6 Å². The first-order valence-electron chi connectivity index (χ1n) is 7.07. The molecule has 0 radical (unpaired) electrons. The predicted molar refractivity (Wildman–Crippen MR) is 82.7 cm³/mol. The van der Waals surface area contributed by atoms with Crippen molar-refractivity contribution in [2.75, 3.05) is 26.2 Å². The number of piperidine rings is 1. The molecular formula is C15H21BrN2O2. The second kappa shape index (κ2) is 8.39. The van der Waals surface area contributed by atoms with Crippen LogP contribution in [-0.4, -0.2) is 38.3 Å². The lowest BCUT2D eigenvalue weighted by molar-refractivity contribution is -0.128. The predicted octanol–water partition coefficient (Wildman–Crippen LogP) is 1.88. The van der Waals surface area contributed by atoms with Gasteiger partial charge in [0.05, 0.1) is 6.10 Å². The number of rotatable bonds is 6. The Bertz CT molecular complexity index is 416. The van der Waals surface area contributed by atoms with Crippen molar-refractivity contribution in [3.63, 3.8) is 0 Å². The third-order valence-electron chi connectivity index (χ3n) is 3.39. The zero-order valence-corrected chi connectivity index (χ0v) is 13.1. The van der Waals surface area contributed by atoms with Gasteiger partial charge in [0.1, 0.15) is 6.61 Å². The van der Waals surface area contributed by atoms with Gasteiger partial charge >= 0.3 is 0 Å². The molecule has 1 heterocycles. The Balaban J connectivity index is 1.58. The first-order valence-corrected chi connectivity index (χ1v) is 7.87. The molecule has 1 aliphatic rings. The van der Waals surface area contributed by atoms with Crippen molar-refractivity contribution < 1.29 is 9.53 Å². The first-order chi connectivity index (χ1) is 9.74. The van der Waals surface area contributed by atoms with E-state index >= 15 is 0 Å². The van der Waals surface area contributed by atoms with E-state index < -0.39 is 0 Å². The molecule has 0 saturated carbocycles. The van der Waals surface area contributed by atoms with Crippen molar-refractivity contribution in [3.8, 4) is 0 Å². The van der Waals surface area contributed by atoms with Crippen molar-refractivity contribution in [1.29, 1.82) is 0 Å². The molecule has 0 atom stereocenters. The van der Waals surface area contributed by atoms with E-state index in [1.807, 2.05) is 12.1 Å². The Kier molecular flexibility index (Phi) is 6.50. The van der Waals surface area contributed by atoms with Gasteiger partial charge in [-0.25, -0.2) is 0 Å². The standard InChI is InChI=1S/C15H21BrN2O2/c16-13-3-1-12(2-4-13)5-10-18-15(19)11-20-14-6-8-17-9-7-14/h1-4,14,17H,5-11H2,(H,18,19). The summed E-state index contributed by atoms with van der Waals surface area (Å²) in [6, 6.07) is 8.14. The molecule has 0 aliphatic carbocycles. The van der Waals surface area contributed by atoms with Crippen molar-refractivity contribution >= 4 is 21.8 Å². The zero-order chi connectivity index (χ0) is 14.2. The fraction of sp³-hybridized carbons (Fsp3) is 0.533. The molecule has 1 fully saturated rings. The van der Waals surface area contributed by atoms with Crippen LogP contribution in [0.5, 0.6) is 0 Å². The quantitative estimate of drug-likeness (QED) is 0.831. The number of nitrogens with one attached hydrogen (secondary N) is 2. The summed E-state index contributed by atoms with van der Waals surface area (Å²) >= 11 is 3.40. The van der Waals surface area contributed by atoms with Gasteiger partial charge in [-0.15, -0.1) is 0 Å². The lowest BCUT2D eigenvalue weighted by Gasteiger charge is -2.22. The van der Waals surface area contributed by atoms with Gasteiger partial charge < -0.3 is 15.4 Å². The summed E-state index contributed by atoms with van der Waals surface area (Å²) in [5, 5.41) is 6.17. The summed E-state index contributed by atoms with van der Waals surface area (Å²) in [5.74, 6) is -0.0272. The summed E-state index contributed by atoms with van der Waals surface area (Å²) in [4.78, 5) is 11.7. The molecule has 1 saturated heterocycles. The van der Waals surface area contributed by atoms with Crippen LogP contribution in [0.1, 0.15) is 18.4 Å². The van der Waals surface area contributed by atoms with Crippen molar-refractivity contribution in [3.05, 3.63) is 34.3 Å². The van der Waals surface area contributed by atoms with Crippen molar-refractivity contribution in [1.82, 2.24) is 10.6 Å². The van der Waals surface area contributed by atoms with Crippen LogP contribution in [0.4, 0.5) is 0 Å². The molecular weight excluding hydrogens is 320 g/mol. The summed E-state index contributed by atoms with van der Waals surface area (Å²) in [7, 11) is 0. The van der Waals surface area contributed by atoms with Crippen LogP contribution in [0.3, 0.4) is 0 Å². The van der Waals surface area contributed by atoms with E-state index in [1.165, 1.54) is 5.56 Å². The molecule has 1 aliphatic heterocycles. The van der Waals surface area contributed by atoms with Crippen LogP contribution in [0, 0.1) is 0 Å². The molecule has 20 heavy (non-hydrogen) atoms. The minimum atomic E-state index is -0.0272. The van der Waals surface area contributed by atoms with Crippen molar-refractivity contribution in [2.24, 2.45) is 0 Å². The number of ether oxygens (including phenoxy) is 1. The first kappa shape index (κ1) is 15.5. The van der Waals surface area contributed by atoms with Gasteiger partial charge in [-0.3, -0.25) is 4.79 Å². The molecule has 1 amide bonds. The molecule has 2 N–H and O–H groups in total. The lowest BCUT2D eigenvalue weighted by atomic mass is 10.1. The number of carbonyl (C=O) groups excluding carboxylic acids is 1. The second-order valence-electron chi connectivity index (χ2n) is 4.99. The summed E-state index contributed by atoms with van der Waals surface area (Å²) in [5.41, 5.74) is 1.22. The normalized spacial score (nSPS) is 16.1. The number of amides is 1. The fourth-order valence-electron chi connectivity index (χ4n) is 2.20. The molecule has 0 aromatic heterocycles. The topological polar surface area (TPSA) is 50.4 Å². The van der Waals surface area contributed by atoms with Gasteiger partial charge in [-0.05, 0) is 50.0 Å². The molecule has 1 aromatic carbocycles. The highest BCUT2D eigenvalue weighted by Crippen LogP contribution is 2.10. The average molecular weight is 341 g/mol. The number of hydrogen-bond donors (Lipinski definition) is 2. The number of carbonyl (C=O) groups is 1. The highest BCUT2D eigenvalue weighted by molar-refractivity contribution is 9.10. The van der Waals surface area contributed by atoms with E-state index in [4.69, 9.17) is 4.74 Å². The third-order valence-corrected chi connectivity index (χ3v) is 3.91. The molecule has 0 spiro atoms. The Morgan fingerprint density at radius 1 is 1.30 bits per heavy atom. The van der Waals surface area contributed by atoms with Gasteiger partial charge in [-0.1, -0.05) is 28.1 Å². The Labute approximate surface area is 128 Å². The Hall–Kier alpha value is -0.910. The third kappa shape index (κ3) is 5.61. The highest BCUT2D eigenvalue weighted by Gasteiger charge is 2.14. The van der Waals surface area contributed by atoms with E-state index in [0.717, 1.165) is 36.8 Å². The zero-order valence-electron chi connectivity index (χ0n) is 11.5. The monoisotopic (exact) mass is 340 g/mol. The smallest absolute Gasteiger partial charge is 0.246 e. The van der Waals surface area contributed by atoms with E-state index in [0.29, 0.717) is 6.54 Å². The van der Waals surface area contributed by atoms with Crippen LogP contribution in [0.15, 0.2) is 28.7 Å². The minimum Gasteiger partial charge on any atom is -0.368 e. The summed E-state index contributed by atoms with van der Waals surface area (Å²) in [6.07, 6.45) is 3.05. The van der Waals surface area contributed by atoms with Crippen LogP contribution in [0.25, 0.3) is 0 Å². The highest BCUT2D eigenvalue weighted by atomic mass is 79.9. The average Bonchev–Trinajstić information content (AvgIpc) is 2.48. The van der Waals surface area contributed by atoms with E-state index in [9.17, 15) is 4.79 Å². The van der Waals surface area contributed by atoms with Crippen LogP contribution >= 0.6 is 15.9 Å². The molecule has 4 nitrogen and oxygen atoms in total. The Morgan fingerprint density at radius 3 is 2.70 bits per heavy atom. The number of halogens is 1. The second-order valence-corrected chi connectivity index (χ2v) is 5.90. The molecule has 0 unspecified atom stereocenters. The fourth-order valence-corrected chi connectivity index (χ4v) is 2.47. The molecule has 110 valence electrons. The van der Waals surface area contributed by atoms with Crippen molar-refractivity contribution in [2.45, 2.75) is 25.4 Å². The van der Waals surface area contributed by atoms with Gasteiger partial charge in [-0.2, -0.15) is 0 Å². The molecule has 1 aromatic rings. The maximum atomic E-state index is 11.7. The summed E-state index contributed by atoms with van der Waals surface area (Å²) in [6.45, 7) is 2.78. The number of hydrogen-bond acceptors (Lipinski definition) is 3. The van der Waals surface area contributed by atoms with Crippen LogP contribution < -0.4 is 10.6 Å². The largest absolute Gasteiger partial charge is 0.368 e. The molecule has 0 bridgehead atoms. The molecule has 2 rings (SSSR count). The van der Waals surface area contributed by atoms with E-state index in [2.05, 4.69) is 38.7 Å². The Morgan fingerprint density at radius 2 is 2.00 bits per heavy atom. The summed E-state index contributed by atoms with van der Waals surface area (Å²) < 4.78 is 6.68. The van der Waals surface area contributed by atoms with Crippen LogP contribution in [0.2, 0.25) is 0 Å². The van der Waals surface area contributed by atoms with Gasteiger partial charge in [0, 0.05) is 11.0 Å². The minimum absolute atomic E-state index is 0.0272. The maximum Gasteiger partial charge on any atom is 0.246 e. The lowest BCUT2D eigenvalue weighted by Crippen LogP contribution is -2.36. The van der Waals surface area contributed by atoms with Crippen LogP contribution in [-0.2, 0) is 16.0 Å². The van der Waals surface area contributed by atoms with Gasteiger partial charge in [0.2, 0.25) is 5.91 Å².